The summed E-state index contributed by atoms with van der Waals surface area (Å²) in [7, 11) is 0. The molecule has 0 radical (unpaired) electrons. The van der Waals surface area contributed by atoms with E-state index in [1.165, 1.54) is 12.0 Å². The molecule has 1 aromatic carbocycles. The van der Waals surface area contributed by atoms with Crippen LogP contribution in [0.5, 0.6) is 0 Å². The Labute approximate surface area is 109 Å². The van der Waals surface area contributed by atoms with Crippen LogP contribution in [0.2, 0.25) is 0 Å². The molecule has 1 amide bonds. The van der Waals surface area contributed by atoms with E-state index in [1.54, 1.807) is 0 Å². The molecular weight excluding hydrogens is 224 g/mol. The lowest BCUT2D eigenvalue weighted by Crippen LogP contribution is -2.14. The minimum absolute atomic E-state index is 0.131. The van der Waals surface area contributed by atoms with Crippen molar-refractivity contribution >= 4 is 11.6 Å². The normalized spacial score (nSPS) is 18.8. The minimum Gasteiger partial charge on any atom is -0.326 e. The van der Waals surface area contributed by atoms with Crippen LogP contribution >= 0.6 is 0 Å². The van der Waals surface area contributed by atoms with E-state index >= 15 is 0 Å². The van der Waals surface area contributed by atoms with Gasteiger partial charge in [-0.2, -0.15) is 0 Å². The Kier molecular flexibility index (Phi) is 4.76. The summed E-state index contributed by atoms with van der Waals surface area (Å²) in [6.07, 6.45) is 3.86. The fourth-order valence-corrected chi connectivity index (χ4v) is 2.34. The second-order valence-electron chi connectivity index (χ2n) is 5.00. The number of carbonyl (C=O) groups is 1. The Morgan fingerprint density at radius 3 is 2.78 bits per heavy atom. The number of amides is 1. The standard InChI is InChI=1S/C15H22N2O/c1-2-12-3-6-14(7-4-12)17-15(18)8-5-13-9-10-16-11-13/h3-4,6-7,13,16H,2,5,8-11H2,1H3,(H,17,18). The van der Waals surface area contributed by atoms with Crippen LogP contribution < -0.4 is 10.6 Å². The molecule has 18 heavy (non-hydrogen) atoms. The van der Waals surface area contributed by atoms with Gasteiger partial charge >= 0.3 is 0 Å². The van der Waals surface area contributed by atoms with Crippen LogP contribution in [0.4, 0.5) is 5.69 Å². The lowest BCUT2D eigenvalue weighted by atomic mass is 10.0. The first-order valence-electron chi connectivity index (χ1n) is 6.87. The molecule has 2 rings (SSSR count). The lowest BCUT2D eigenvalue weighted by Gasteiger charge is -2.09. The highest BCUT2D eigenvalue weighted by atomic mass is 16.1. The number of hydrogen-bond acceptors (Lipinski definition) is 2. The monoisotopic (exact) mass is 246 g/mol. The summed E-state index contributed by atoms with van der Waals surface area (Å²) in [5, 5.41) is 6.28. The summed E-state index contributed by atoms with van der Waals surface area (Å²) >= 11 is 0. The maximum Gasteiger partial charge on any atom is 0.224 e. The molecule has 2 N–H and O–H groups in total. The highest BCUT2D eigenvalue weighted by Crippen LogP contribution is 2.15. The fraction of sp³-hybridized carbons (Fsp3) is 0.533. The minimum atomic E-state index is 0.131. The highest BCUT2D eigenvalue weighted by molar-refractivity contribution is 5.90. The fourth-order valence-electron chi connectivity index (χ4n) is 2.34. The third-order valence-corrected chi connectivity index (χ3v) is 3.59. The molecule has 3 heteroatoms. The van der Waals surface area contributed by atoms with Gasteiger partial charge in [0.25, 0.3) is 0 Å². The van der Waals surface area contributed by atoms with Gasteiger partial charge in [-0.1, -0.05) is 19.1 Å². The van der Waals surface area contributed by atoms with Gasteiger partial charge in [0.1, 0.15) is 0 Å². The van der Waals surface area contributed by atoms with Gasteiger partial charge in [-0.25, -0.2) is 0 Å². The maximum absolute atomic E-state index is 11.8. The van der Waals surface area contributed by atoms with Crippen molar-refractivity contribution in [1.82, 2.24) is 5.32 Å². The van der Waals surface area contributed by atoms with Crippen molar-refractivity contribution < 1.29 is 4.79 Å². The summed E-state index contributed by atoms with van der Waals surface area (Å²) in [5.74, 6) is 0.810. The average molecular weight is 246 g/mol. The second kappa shape index (κ2) is 6.55. The van der Waals surface area contributed by atoms with E-state index in [4.69, 9.17) is 0 Å². The molecule has 0 bridgehead atoms. The van der Waals surface area contributed by atoms with Crippen molar-refractivity contribution in [1.29, 1.82) is 0 Å². The van der Waals surface area contributed by atoms with E-state index in [9.17, 15) is 4.79 Å². The van der Waals surface area contributed by atoms with Crippen molar-refractivity contribution in [2.45, 2.75) is 32.6 Å². The first-order chi connectivity index (χ1) is 8.78. The topological polar surface area (TPSA) is 41.1 Å². The van der Waals surface area contributed by atoms with E-state index < -0.39 is 0 Å². The molecule has 1 aliphatic heterocycles. The van der Waals surface area contributed by atoms with Crippen molar-refractivity contribution in [3.8, 4) is 0 Å². The number of carbonyl (C=O) groups excluding carboxylic acids is 1. The molecule has 1 fully saturated rings. The van der Waals surface area contributed by atoms with Gasteiger partial charge in [-0.15, -0.1) is 0 Å². The Hall–Kier alpha value is -1.35. The van der Waals surface area contributed by atoms with Crippen molar-refractivity contribution in [3.63, 3.8) is 0 Å². The molecule has 1 saturated heterocycles. The summed E-state index contributed by atoms with van der Waals surface area (Å²) in [6, 6.07) is 8.09. The Bertz CT molecular complexity index is 380. The Balaban J connectivity index is 1.75. The Morgan fingerprint density at radius 2 is 2.17 bits per heavy atom. The summed E-state index contributed by atoms with van der Waals surface area (Å²) in [6.45, 7) is 4.30. The van der Waals surface area contributed by atoms with Gasteiger partial charge in [-0.05, 0) is 56.0 Å². The first-order valence-corrected chi connectivity index (χ1v) is 6.87. The van der Waals surface area contributed by atoms with E-state index in [0.717, 1.165) is 31.6 Å². The predicted molar refractivity (Wildman–Crippen MR) is 74.7 cm³/mol. The molecule has 1 aliphatic rings. The summed E-state index contributed by atoms with van der Waals surface area (Å²) in [5.41, 5.74) is 2.20. The molecule has 98 valence electrons. The Morgan fingerprint density at radius 1 is 1.39 bits per heavy atom. The van der Waals surface area contributed by atoms with Gasteiger partial charge in [-0.3, -0.25) is 4.79 Å². The van der Waals surface area contributed by atoms with Gasteiger partial charge in [0.05, 0.1) is 0 Å². The first kappa shape index (κ1) is 13.1. The third-order valence-electron chi connectivity index (χ3n) is 3.59. The van der Waals surface area contributed by atoms with Crippen LogP contribution in [0.25, 0.3) is 0 Å². The lowest BCUT2D eigenvalue weighted by molar-refractivity contribution is -0.116. The van der Waals surface area contributed by atoms with Crippen LogP contribution in [-0.4, -0.2) is 19.0 Å². The number of hydrogen-bond donors (Lipinski definition) is 2. The molecule has 1 unspecified atom stereocenters. The molecule has 1 heterocycles. The number of nitrogens with one attached hydrogen (secondary N) is 2. The molecule has 3 nitrogen and oxygen atoms in total. The molecule has 0 spiro atoms. The summed E-state index contributed by atoms with van der Waals surface area (Å²) in [4.78, 5) is 11.8. The average Bonchev–Trinajstić information content (AvgIpc) is 2.90. The zero-order chi connectivity index (χ0) is 12.8. The van der Waals surface area contributed by atoms with Crippen molar-refractivity contribution in [2.75, 3.05) is 18.4 Å². The van der Waals surface area contributed by atoms with Crippen molar-refractivity contribution in [2.24, 2.45) is 5.92 Å². The van der Waals surface area contributed by atoms with Crippen molar-refractivity contribution in [3.05, 3.63) is 29.8 Å². The van der Waals surface area contributed by atoms with Gasteiger partial charge in [0, 0.05) is 12.1 Å². The van der Waals surface area contributed by atoms with E-state index in [1.807, 2.05) is 12.1 Å². The largest absolute Gasteiger partial charge is 0.326 e. The molecule has 0 aliphatic carbocycles. The van der Waals surface area contributed by atoms with Crippen LogP contribution in [-0.2, 0) is 11.2 Å². The quantitative estimate of drug-likeness (QED) is 0.838. The maximum atomic E-state index is 11.8. The van der Waals surface area contributed by atoms with E-state index in [0.29, 0.717) is 12.3 Å². The number of rotatable bonds is 5. The SMILES string of the molecule is CCc1ccc(NC(=O)CCC2CCNC2)cc1. The molecule has 1 atom stereocenters. The zero-order valence-corrected chi connectivity index (χ0v) is 11.0. The van der Waals surface area contributed by atoms with Gasteiger partial charge in [0.2, 0.25) is 5.91 Å². The molecule has 0 aromatic heterocycles. The van der Waals surface area contributed by atoms with Crippen LogP contribution in [0, 0.1) is 5.92 Å². The van der Waals surface area contributed by atoms with Crippen LogP contribution in [0.1, 0.15) is 31.7 Å². The van der Waals surface area contributed by atoms with Gasteiger partial charge < -0.3 is 10.6 Å². The predicted octanol–water partition coefficient (Wildman–Crippen LogP) is 2.58. The third kappa shape index (κ3) is 3.84. The molecule has 1 aromatic rings. The van der Waals surface area contributed by atoms with Crippen LogP contribution in [0.15, 0.2) is 24.3 Å². The number of benzene rings is 1. The second-order valence-corrected chi connectivity index (χ2v) is 5.00. The van der Waals surface area contributed by atoms with E-state index in [2.05, 4.69) is 29.7 Å². The van der Waals surface area contributed by atoms with Gasteiger partial charge in [0.15, 0.2) is 0 Å². The summed E-state index contributed by atoms with van der Waals surface area (Å²) < 4.78 is 0. The smallest absolute Gasteiger partial charge is 0.224 e. The van der Waals surface area contributed by atoms with E-state index in [-0.39, 0.29) is 5.91 Å². The number of aryl methyl sites for hydroxylation is 1. The molecular formula is C15H22N2O. The highest BCUT2D eigenvalue weighted by Gasteiger charge is 2.15. The molecule has 0 saturated carbocycles. The van der Waals surface area contributed by atoms with Crippen LogP contribution in [0.3, 0.4) is 0 Å². The zero-order valence-electron chi connectivity index (χ0n) is 11.0. The number of anilines is 1.